The number of benzene rings is 1. The summed E-state index contributed by atoms with van der Waals surface area (Å²) in [7, 11) is 0. The van der Waals surface area contributed by atoms with Crippen LogP contribution in [-0.2, 0) is 0 Å². The van der Waals surface area contributed by atoms with Crippen molar-refractivity contribution in [2.75, 3.05) is 0 Å². The third-order valence-corrected chi connectivity index (χ3v) is 5.27. The van der Waals surface area contributed by atoms with E-state index in [0.29, 0.717) is 16.3 Å². The third-order valence-electron chi connectivity index (χ3n) is 5.05. The molecule has 0 bridgehead atoms. The van der Waals surface area contributed by atoms with E-state index in [2.05, 4.69) is 39.2 Å². The van der Waals surface area contributed by atoms with Gasteiger partial charge in [0.25, 0.3) is 5.91 Å². The van der Waals surface area contributed by atoms with Gasteiger partial charge in [0.2, 0.25) is 0 Å². The van der Waals surface area contributed by atoms with Gasteiger partial charge in [-0.15, -0.1) is 0 Å². The fraction of sp³-hybridized carbons (Fsp3) is 0.208. The van der Waals surface area contributed by atoms with Gasteiger partial charge in [-0.05, 0) is 57.2 Å². The monoisotopic (exact) mass is 446 g/mol. The fourth-order valence-corrected chi connectivity index (χ4v) is 3.56. The van der Waals surface area contributed by atoms with Crippen LogP contribution in [0.25, 0.3) is 22.5 Å². The molecular weight excluding hydrogens is 424 g/mol. The Hall–Kier alpha value is -3.58. The summed E-state index contributed by atoms with van der Waals surface area (Å²) in [5, 5.41) is 8.00. The number of hydrogen-bond acceptors (Lipinski definition) is 5. The molecule has 1 aromatic carbocycles. The van der Waals surface area contributed by atoms with Crippen molar-refractivity contribution in [3.8, 4) is 22.5 Å². The van der Waals surface area contributed by atoms with Crippen LogP contribution in [-0.4, -0.2) is 30.6 Å². The highest BCUT2D eigenvalue weighted by Crippen LogP contribution is 2.29. The Morgan fingerprint density at radius 2 is 1.78 bits per heavy atom. The summed E-state index contributed by atoms with van der Waals surface area (Å²) in [6.07, 6.45) is 8.21. The quantitative estimate of drug-likeness (QED) is 0.444. The highest BCUT2D eigenvalue weighted by Gasteiger charge is 2.17. The Morgan fingerprint density at radius 3 is 2.47 bits per heavy atom. The Morgan fingerprint density at radius 1 is 0.969 bits per heavy atom. The Balaban J connectivity index is 1.75. The second-order valence-electron chi connectivity index (χ2n) is 7.74. The first-order valence-corrected chi connectivity index (χ1v) is 10.7. The molecule has 1 N–H and O–H groups in total. The Bertz CT molecular complexity index is 1220. The van der Waals surface area contributed by atoms with Crippen molar-refractivity contribution in [1.82, 2.24) is 30.0 Å². The zero-order valence-electron chi connectivity index (χ0n) is 18.0. The molecule has 0 saturated carbocycles. The van der Waals surface area contributed by atoms with Crippen LogP contribution in [0.3, 0.4) is 0 Å². The molecule has 7 nitrogen and oxygen atoms in total. The SMILES string of the molecule is CC(NC(=O)c1cc(-c2ccc(Cl)cn2)cc(-c2ccnn2C(C)C)c1)c1cnccn1. The largest absolute Gasteiger partial charge is 0.344 e. The molecule has 0 fully saturated rings. The van der Waals surface area contributed by atoms with Gasteiger partial charge in [0.05, 0.1) is 34.3 Å². The summed E-state index contributed by atoms with van der Waals surface area (Å²) in [6, 6.07) is 11.1. The van der Waals surface area contributed by atoms with E-state index < -0.39 is 0 Å². The molecule has 3 aromatic heterocycles. The Labute approximate surface area is 191 Å². The van der Waals surface area contributed by atoms with E-state index in [1.165, 1.54) is 0 Å². The topological polar surface area (TPSA) is 85.6 Å². The predicted octanol–water partition coefficient (Wildman–Crippen LogP) is 5.13. The lowest BCUT2D eigenvalue weighted by atomic mass is 10.00. The maximum atomic E-state index is 13.2. The van der Waals surface area contributed by atoms with Crippen LogP contribution in [0.1, 0.15) is 48.9 Å². The van der Waals surface area contributed by atoms with Gasteiger partial charge >= 0.3 is 0 Å². The fourth-order valence-electron chi connectivity index (χ4n) is 3.44. The first-order chi connectivity index (χ1) is 15.4. The van der Waals surface area contributed by atoms with E-state index in [-0.39, 0.29) is 18.0 Å². The molecule has 0 radical (unpaired) electrons. The molecule has 162 valence electrons. The molecular formula is C24H23ClN6O. The van der Waals surface area contributed by atoms with Crippen molar-refractivity contribution in [2.24, 2.45) is 0 Å². The van der Waals surface area contributed by atoms with Crippen LogP contribution >= 0.6 is 11.6 Å². The minimum absolute atomic E-state index is 0.172. The highest BCUT2D eigenvalue weighted by atomic mass is 35.5. The average Bonchev–Trinajstić information content (AvgIpc) is 3.30. The van der Waals surface area contributed by atoms with E-state index in [0.717, 1.165) is 22.5 Å². The van der Waals surface area contributed by atoms with Crippen molar-refractivity contribution in [3.05, 3.63) is 83.7 Å². The molecule has 1 atom stereocenters. The van der Waals surface area contributed by atoms with Crippen LogP contribution in [0.4, 0.5) is 0 Å². The zero-order valence-corrected chi connectivity index (χ0v) is 18.8. The van der Waals surface area contributed by atoms with Gasteiger partial charge in [-0.1, -0.05) is 11.6 Å². The summed E-state index contributed by atoms with van der Waals surface area (Å²) in [5.41, 5.74) is 4.54. The number of halogens is 1. The predicted molar refractivity (Wildman–Crippen MR) is 124 cm³/mol. The molecule has 0 spiro atoms. The van der Waals surface area contributed by atoms with Crippen molar-refractivity contribution in [2.45, 2.75) is 32.9 Å². The number of aromatic nitrogens is 5. The number of rotatable bonds is 6. The number of pyridine rings is 1. The standard InChI is InChI=1S/C24H23ClN6O/c1-15(2)31-23(6-7-29-31)18-10-17(21-5-4-20(25)13-28-21)11-19(12-18)24(32)30-16(3)22-14-26-8-9-27-22/h4-16H,1-3H3,(H,30,32). The summed E-state index contributed by atoms with van der Waals surface area (Å²) in [4.78, 5) is 26.0. The molecule has 0 aliphatic rings. The third kappa shape index (κ3) is 4.68. The molecule has 1 unspecified atom stereocenters. The molecule has 1 amide bonds. The molecule has 4 aromatic rings. The van der Waals surface area contributed by atoms with E-state index in [4.69, 9.17) is 11.6 Å². The van der Waals surface area contributed by atoms with Crippen LogP contribution in [0.5, 0.6) is 0 Å². The highest BCUT2D eigenvalue weighted by molar-refractivity contribution is 6.30. The zero-order chi connectivity index (χ0) is 22.7. The number of nitrogens with zero attached hydrogens (tertiary/aromatic N) is 5. The average molecular weight is 447 g/mol. The van der Waals surface area contributed by atoms with E-state index in [9.17, 15) is 4.79 Å². The van der Waals surface area contributed by atoms with E-state index >= 15 is 0 Å². The Kier molecular flexibility index (Phi) is 6.28. The number of amides is 1. The number of nitrogens with one attached hydrogen (secondary N) is 1. The lowest BCUT2D eigenvalue weighted by Gasteiger charge is -2.16. The first kappa shape index (κ1) is 21.6. The van der Waals surface area contributed by atoms with E-state index in [1.54, 1.807) is 37.1 Å². The lowest BCUT2D eigenvalue weighted by Crippen LogP contribution is -2.27. The molecule has 4 rings (SSSR count). The first-order valence-electron chi connectivity index (χ1n) is 10.3. The molecule has 0 aliphatic heterocycles. The van der Waals surface area contributed by atoms with Gasteiger partial charge < -0.3 is 5.32 Å². The minimum Gasteiger partial charge on any atom is -0.344 e. The van der Waals surface area contributed by atoms with Gasteiger partial charge in [-0.25, -0.2) is 0 Å². The molecule has 32 heavy (non-hydrogen) atoms. The van der Waals surface area contributed by atoms with Crippen molar-refractivity contribution < 1.29 is 4.79 Å². The van der Waals surface area contributed by atoms with Crippen molar-refractivity contribution in [1.29, 1.82) is 0 Å². The maximum absolute atomic E-state index is 13.2. The summed E-state index contributed by atoms with van der Waals surface area (Å²) >= 11 is 6.02. The smallest absolute Gasteiger partial charge is 0.251 e. The molecule has 0 saturated heterocycles. The van der Waals surface area contributed by atoms with Crippen molar-refractivity contribution >= 4 is 17.5 Å². The molecule has 8 heteroatoms. The van der Waals surface area contributed by atoms with E-state index in [1.807, 2.05) is 41.9 Å². The maximum Gasteiger partial charge on any atom is 0.251 e. The van der Waals surface area contributed by atoms with Gasteiger partial charge in [-0.2, -0.15) is 5.10 Å². The normalized spacial score (nSPS) is 12.0. The number of hydrogen-bond donors (Lipinski definition) is 1. The summed E-state index contributed by atoms with van der Waals surface area (Å²) in [6.45, 7) is 6.01. The lowest BCUT2D eigenvalue weighted by molar-refractivity contribution is 0.0939. The number of carbonyl (C=O) groups is 1. The van der Waals surface area contributed by atoms with Crippen molar-refractivity contribution in [3.63, 3.8) is 0 Å². The summed E-state index contributed by atoms with van der Waals surface area (Å²) < 4.78 is 1.93. The molecule has 0 aliphatic carbocycles. The summed E-state index contributed by atoms with van der Waals surface area (Å²) in [5.74, 6) is -0.212. The van der Waals surface area contributed by atoms with Gasteiger partial charge in [0, 0.05) is 47.5 Å². The minimum atomic E-state index is -0.293. The molecule has 3 heterocycles. The second kappa shape index (κ2) is 9.28. The number of carbonyl (C=O) groups excluding carboxylic acids is 1. The van der Waals surface area contributed by atoms with Gasteiger partial charge in [-0.3, -0.25) is 24.4 Å². The van der Waals surface area contributed by atoms with Crippen LogP contribution < -0.4 is 5.32 Å². The van der Waals surface area contributed by atoms with Crippen LogP contribution in [0.15, 0.2) is 67.4 Å². The van der Waals surface area contributed by atoms with Gasteiger partial charge in [0.15, 0.2) is 0 Å². The van der Waals surface area contributed by atoms with Crippen LogP contribution in [0.2, 0.25) is 5.02 Å². The van der Waals surface area contributed by atoms with Gasteiger partial charge in [0.1, 0.15) is 0 Å². The second-order valence-corrected chi connectivity index (χ2v) is 8.18. The van der Waals surface area contributed by atoms with Crippen LogP contribution in [0, 0.1) is 0 Å².